The first-order chi connectivity index (χ1) is 16.0. The molecule has 4 rings (SSSR count). The molecule has 1 aromatic carbocycles. The van der Waals surface area contributed by atoms with Crippen LogP contribution in [0.25, 0.3) is 11.3 Å². The van der Waals surface area contributed by atoms with Crippen molar-refractivity contribution in [3.8, 4) is 22.8 Å². The van der Waals surface area contributed by atoms with Crippen LogP contribution in [0.15, 0.2) is 43.1 Å². The molecule has 0 unspecified atom stereocenters. The lowest BCUT2D eigenvalue weighted by atomic mass is 10.1. The monoisotopic (exact) mass is 486 g/mol. The highest BCUT2D eigenvalue weighted by atomic mass is 35.5. The van der Waals surface area contributed by atoms with Crippen molar-refractivity contribution in [2.24, 2.45) is 0 Å². The first kappa shape index (κ1) is 22.4. The first-order valence-electron chi connectivity index (χ1n) is 9.67. The SMILES string of the molecule is COc1cc(OC)c(Cl)c(Nc2ncccc2-c2cc(CNc3[nH]cnc3N)ncn2)c1Cl. The maximum absolute atomic E-state index is 6.51. The Bertz CT molecular complexity index is 1250. The number of ether oxygens (including phenoxy) is 2. The van der Waals surface area contributed by atoms with E-state index in [1.807, 2.05) is 12.1 Å². The predicted octanol–water partition coefficient (Wildman–Crippen LogP) is 4.52. The van der Waals surface area contributed by atoms with Crippen LogP contribution in [0, 0.1) is 0 Å². The van der Waals surface area contributed by atoms with Gasteiger partial charge in [0.1, 0.15) is 39.5 Å². The molecule has 170 valence electrons. The number of halogens is 2. The Morgan fingerprint density at radius 2 is 1.79 bits per heavy atom. The van der Waals surface area contributed by atoms with E-state index in [0.29, 0.717) is 56.9 Å². The van der Waals surface area contributed by atoms with E-state index in [2.05, 4.69) is 35.6 Å². The minimum atomic E-state index is 0.296. The van der Waals surface area contributed by atoms with Gasteiger partial charge >= 0.3 is 0 Å². The maximum Gasteiger partial charge on any atom is 0.166 e. The van der Waals surface area contributed by atoms with Crippen LogP contribution < -0.4 is 25.8 Å². The number of rotatable bonds is 8. The third-order valence-corrected chi connectivity index (χ3v) is 5.49. The molecule has 0 saturated heterocycles. The Morgan fingerprint density at radius 1 is 1.03 bits per heavy atom. The number of anilines is 4. The molecular formula is C21H20Cl2N8O2. The molecule has 4 aromatic rings. The predicted molar refractivity (Wildman–Crippen MR) is 128 cm³/mol. The Balaban J connectivity index is 1.66. The number of hydrogen-bond donors (Lipinski definition) is 4. The Morgan fingerprint density at radius 3 is 2.45 bits per heavy atom. The van der Waals surface area contributed by atoms with Gasteiger partial charge in [-0.25, -0.2) is 19.9 Å². The van der Waals surface area contributed by atoms with E-state index in [1.54, 1.807) is 18.3 Å². The highest BCUT2D eigenvalue weighted by molar-refractivity contribution is 6.41. The Kier molecular flexibility index (Phi) is 6.66. The number of hydrogen-bond acceptors (Lipinski definition) is 9. The second-order valence-electron chi connectivity index (χ2n) is 6.72. The summed E-state index contributed by atoms with van der Waals surface area (Å²) < 4.78 is 10.7. The smallest absolute Gasteiger partial charge is 0.166 e. The molecule has 0 aliphatic carbocycles. The van der Waals surface area contributed by atoms with Gasteiger partial charge in [-0.15, -0.1) is 0 Å². The first-order valence-corrected chi connectivity index (χ1v) is 10.4. The van der Waals surface area contributed by atoms with Gasteiger partial charge in [0.15, 0.2) is 5.82 Å². The van der Waals surface area contributed by atoms with Crippen molar-refractivity contribution in [3.63, 3.8) is 0 Å². The minimum absolute atomic E-state index is 0.296. The van der Waals surface area contributed by atoms with Crippen molar-refractivity contribution >= 4 is 46.3 Å². The summed E-state index contributed by atoms with van der Waals surface area (Å²) in [4.78, 5) is 20.1. The minimum Gasteiger partial charge on any atom is -0.495 e. The average molecular weight is 487 g/mol. The van der Waals surface area contributed by atoms with Crippen molar-refractivity contribution in [1.29, 1.82) is 0 Å². The summed E-state index contributed by atoms with van der Waals surface area (Å²) in [5.41, 5.74) is 8.30. The Labute approximate surface area is 199 Å². The van der Waals surface area contributed by atoms with Crippen LogP contribution in [-0.2, 0) is 6.54 Å². The van der Waals surface area contributed by atoms with Crippen LogP contribution in [0.1, 0.15) is 5.69 Å². The zero-order valence-corrected chi connectivity index (χ0v) is 19.2. The molecule has 0 aliphatic rings. The quantitative estimate of drug-likeness (QED) is 0.283. The average Bonchev–Trinajstić information content (AvgIpc) is 3.25. The third-order valence-electron chi connectivity index (χ3n) is 4.74. The summed E-state index contributed by atoms with van der Waals surface area (Å²) in [6.07, 6.45) is 4.64. The number of aromatic amines is 1. The third kappa shape index (κ3) is 4.71. The fourth-order valence-corrected chi connectivity index (χ4v) is 3.69. The molecule has 0 saturated carbocycles. The van der Waals surface area contributed by atoms with Crippen molar-refractivity contribution in [1.82, 2.24) is 24.9 Å². The van der Waals surface area contributed by atoms with Crippen LogP contribution in [0.2, 0.25) is 10.0 Å². The van der Waals surface area contributed by atoms with Crippen LogP contribution in [-0.4, -0.2) is 39.1 Å². The molecule has 0 atom stereocenters. The van der Waals surface area contributed by atoms with Gasteiger partial charge in [-0.1, -0.05) is 23.2 Å². The molecule has 0 amide bonds. The zero-order valence-electron chi connectivity index (χ0n) is 17.7. The van der Waals surface area contributed by atoms with Crippen LogP contribution in [0.4, 0.5) is 23.1 Å². The number of nitrogens with two attached hydrogens (primary N) is 1. The standard InChI is InChI=1S/C21H20Cl2N8O2/c1-32-14-7-15(33-2)17(23)18(16(14)22)31-20-12(4-3-5-25-20)13-6-11(27-9-28-13)8-26-21-19(24)29-10-30-21/h3-7,9-10,26H,8,24H2,1-2H3,(H,25,31)(H,29,30). The van der Waals surface area contributed by atoms with E-state index in [4.69, 9.17) is 38.4 Å². The highest BCUT2D eigenvalue weighted by Gasteiger charge is 2.19. The molecule has 12 heteroatoms. The number of methoxy groups -OCH3 is 2. The molecule has 0 fully saturated rings. The van der Waals surface area contributed by atoms with Crippen LogP contribution >= 0.6 is 23.2 Å². The summed E-state index contributed by atoms with van der Waals surface area (Å²) in [5, 5.41) is 6.94. The fraction of sp³-hybridized carbons (Fsp3) is 0.143. The van der Waals surface area contributed by atoms with Crippen LogP contribution in [0.5, 0.6) is 11.5 Å². The van der Waals surface area contributed by atoms with Gasteiger partial charge in [-0.2, -0.15) is 0 Å². The molecular weight excluding hydrogens is 467 g/mol. The molecule has 3 aromatic heterocycles. The van der Waals surface area contributed by atoms with E-state index in [1.165, 1.54) is 26.9 Å². The molecule has 3 heterocycles. The number of nitrogen functional groups attached to an aromatic ring is 1. The van der Waals surface area contributed by atoms with E-state index in [9.17, 15) is 0 Å². The second-order valence-corrected chi connectivity index (χ2v) is 7.48. The van der Waals surface area contributed by atoms with Gasteiger partial charge in [0.25, 0.3) is 0 Å². The normalized spacial score (nSPS) is 10.7. The number of H-pyrrole nitrogens is 1. The van der Waals surface area contributed by atoms with Gasteiger partial charge in [-0.3, -0.25) is 0 Å². The number of benzene rings is 1. The summed E-state index contributed by atoms with van der Waals surface area (Å²) >= 11 is 13.0. The fourth-order valence-electron chi connectivity index (χ4n) is 3.09. The number of nitrogens with one attached hydrogen (secondary N) is 3. The van der Waals surface area contributed by atoms with Gasteiger partial charge < -0.3 is 30.8 Å². The molecule has 0 aliphatic heterocycles. The second kappa shape index (κ2) is 9.80. The van der Waals surface area contributed by atoms with Crippen molar-refractivity contribution in [2.75, 3.05) is 30.6 Å². The largest absolute Gasteiger partial charge is 0.495 e. The topological polar surface area (TPSA) is 136 Å². The molecule has 5 N–H and O–H groups in total. The van der Waals surface area contributed by atoms with E-state index in [0.717, 1.165) is 11.3 Å². The summed E-state index contributed by atoms with van der Waals surface area (Å²) in [6.45, 7) is 0.412. The molecule has 0 bridgehead atoms. The van der Waals surface area contributed by atoms with Crippen molar-refractivity contribution in [2.45, 2.75) is 6.54 Å². The van der Waals surface area contributed by atoms with Crippen molar-refractivity contribution in [3.05, 3.63) is 58.9 Å². The summed E-state index contributed by atoms with van der Waals surface area (Å²) in [7, 11) is 3.02. The van der Waals surface area contributed by atoms with Gasteiger partial charge in [0.2, 0.25) is 0 Å². The number of pyridine rings is 1. The van der Waals surface area contributed by atoms with Gasteiger partial charge in [0.05, 0.1) is 44.2 Å². The molecule has 0 radical (unpaired) electrons. The van der Waals surface area contributed by atoms with E-state index >= 15 is 0 Å². The zero-order chi connectivity index (χ0) is 23.4. The number of nitrogens with zero attached hydrogens (tertiary/aromatic N) is 4. The number of aromatic nitrogens is 5. The Hall–Kier alpha value is -3.76. The van der Waals surface area contributed by atoms with Crippen LogP contribution in [0.3, 0.4) is 0 Å². The van der Waals surface area contributed by atoms with E-state index < -0.39 is 0 Å². The van der Waals surface area contributed by atoms with E-state index in [-0.39, 0.29) is 0 Å². The lowest BCUT2D eigenvalue weighted by Gasteiger charge is -2.17. The van der Waals surface area contributed by atoms with Crippen molar-refractivity contribution < 1.29 is 9.47 Å². The summed E-state index contributed by atoms with van der Waals surface area (Å²) in [5.74, 6) is 2.31. The lowest BCUT2D eigenvalue weighted by Crippen LogP contribution is -2.05. The molecule has 0 spiro atoms. The molecule has 10 nitrogen and oxygen atoms in total. The van der Waals surface area contributed by atoms with Gasteiger partial charge in [-0.05, 0) is 18.2 Å². The number of imidazole rings is 1. The van der Waals surface area contributed by atoms with Gasteiger partial charge in [0, 0.05) is 17.8 Å². The lowest BCUT2D eigenvalue weighted by molar-refractivity contribution is 0.395. The highest BCUT2D eigenvalue weighted by Crippen LogP contribution is 2.45. The molecule has 33 heavy (non-hydrogen) atoms. The maximum atomic E-state index is 6.51. The summed E-state index contributed by atoms with van der Waals surface area (Å²) in [6, 6.07) is 7.14.